The smallest absolute Gasteiger partial charge is 0.173 e. The SMILES string of the molecule is Cc1cccc(SCC(=O)c2ccc(O)c(O)c2)c1. The zero-order chi connectivity index (χ0) is 13.8. The third kappa shape index (κ3) is 3.51. The Hall–Kier alpha value is -1.94. The Morgan fingerprint density at radius 2 is 1.89 bits per heavy atom. The zero-order valence-corrected chi connectivity index (χ0v) is 11.3. The van der Waals surface area contributed by atoms with E-state index >= 15 is 0 Å². The molecular weight excluding hydrogens is 260 g/mol. The van der Waals surface area contributed by atoms with Crippen LogP contribution < -0.4 is 0 Å². The first-order chi connectivity index (χ1) is 9.06. The molecule has 0 aliphatic carbocycles. The lowest BCUT2D eigenvalue weighted by molar-refractivity contribution is 0.102. The fourth-order valence-electron chi connectivity index (χ4n) is 1.63. The summed E-state index contributed by atoms with van der Waals surface area (Å²) in [6.07, 6.45) is 0. The molecule has 0 unspecified atom stereocenters. The van der Waals surface area contributed by atoms with Crippen LogP contribution in [0.1, 0.15) is 15.9 Å². The van der Waals surface area contributed by atoms with Crippen LogP contribution in [-0.4, -0.2) is 21.7 Å². The van der Waals surface area contributed by atoms with E-state index in [0.29, 0.717) is 11.3 Å². The third-order valence-corrected chi connectivity index (χ3v) is 3.65. The summed E-state index contributed by atoms with van der Waals surface area (Å²) in [4.78, 5) is 13.0. The van der Waals surface area contributed by atoms with E-state index in [1.165, 1.54) is 30.0 Å². The van der Waals surface area contributed by atoms with Crippen molar-refractivity contribution < 1.29 is 15.0 Å². The molecule has 2 rings (SSSR count). The van der Waals surface area contributed by atoms with Crippen LogP contribution in [0.5, 0.6) is 11.5 Å². The first-order valence-corrected chi connectivity index (χ1v) is 6.79. The number of Topliss-reactive ketones (excluding diaryl/α,β-unsaturated/α-hetero) is 1. The Bertz CT molecular complexity index is 608. The van der Waals surface area contributed by atoms with E-state index in [4.69, 9.17) is 0 Å². The van der Waals surface area contributed by atoms with Crippen molar-refractivity contribution in [3.63, 3.8) is 0 Å². The number of thioether (sulfide) groups is 1. The van der Waals surface area contributed by atoms with Crippen LogP contribution in [0, 0.1) is 6.92 Å². The molecule has 2 N–H and O–H groups in total. The molecule has 0 radical (unpaired) electrons. The molecular formula is C15H14O3S. The number of hydrogen-bond donors (Lipinski definition) is 2. The number of benzene rings is 2. The van der Waals surface area contributed by atoms with Crippen molar-refractivity contribution in [1.29, 1.82) is 0 Å². The molecule has 0 bridgehead atoms. The van der Waals surface area contributed by atoms with Crippen molar-refractivity contribution in [2.24, 2.45) is 0 Å². The Morgan fingerprint density at radius 1 is 1.11 bits per heavy atom. The second-order valence-electron chi connectivity index (χ2n) is 4.23. The number of aromatic hydroxyl groups is 2. The van der Waals surface area contributed by atoms with Gasteiger partial charge in [0.25, 0.3) is 0 Å². The number of carbonyl (C=O) groups excluding carboxylic acids is 1. The second kappa shape index (κ2) is 5.80. The summed E-state index contributed by atoms with van der Waals surface area (Å²) in [6, 6.07) is 12.0. The van der Waals surface area contributed by atoms with Crippen molar-refractivity contribution in [1.82, 2.24) is 0 Å². The molecule has 2 aromatic rings. The lowest BCUT2D eigenvalue weighted by atomic mass is 10.1. The van der Waals surface area contributed by atoms with Crippen LogP contribution in [-0.2, 0) is 0 Å². The van der Waals surface area contributed by atoms with Crippen LogP contribution in [0.3, 0.4) is 0 Å². The first kappa shape index (κ1) is 13.5. The molecule has 0 atom stereocenters. The maximum Gasteiger partial charge on any atom is 0.173 e. The number of carbonyl (C=O) groups is 1. The van der Waals surface area contributed by atoms with Gasteiger partial charge in [-0.25, -0.2) is 0 Å². The Labute approximate surface area is 115 Å². The van der Waals surface area contributed by atoms with E-state index in [1.54, 1.807) is 0 Å². The van der Waals surface area contributed by atoms with Gasteiger partial charge in [-0.15, -0.1) is 11.8 Å². The van der Waals surface area contributed by atoms with Crippen LogP contribution in [0.4, 0.5) is 0 Å². The minimum atomic E-state index is -0.272. The summed E-state index contributed by atoms with van der Waals surface area (Å²) in [7, 11) is 0. The molecule has 0 aliphatic rings. The summed E-state index contributed by atoms with van der Waals surface area (Å²) in [5.41, 5.74) is 1.55. The largest absolute Gasteiger partial charge is 0.504 e. The third-order valence-electron chi connectivity index (χ3n) is 2.66. The average Bonchev–Trinajstić information content (AvgIpc) is 2.39. The molecule has 98 valence electrons. The quantitative estimate of drug-likeness (QED) is 0.510. The van der Waals surface area contributed by atoms with E-state index in [-0.39, 0.29) is 17.3 Å². The van der Waals surface area contributed by atoms with Gasteiger partial charge in [0.2, 0.25) is 0 Å². The van der Waals surface area contributed by atoms with Gasteiger partial charge in [0.05, 0.1) is 5.75 Å². The normalized spacial score (nSPS) is 10.4. The summed E-state index contributed by atoms with van der Waals surface area (Å²) < 4.78 is 0. The van der Waals surface area contributed by atoms with Gasteiger partial charge < -0.3 is 10.2 Å². The van der Waals surface area contributed by atoms with Gasteiger partial charge in [0.1, 0.15) is 0 Å². The molecule has 0 spiro atoms. The molecule has 0 saturated carbocycles. The highest BCUT2D eigenvalue weighted by Crippen LogP contribution is 2.26. The van der Waals surface area contributed by atoms with E-state index in [1.807, 2.05) is 31.2 Å². The topological polar surface area (TPSA) is 57.5 Å². The highest BCUT2D eigenvalue weighted by molar-refractivity contribution is 8.00. The molecule has 2 aromatic carbocycles. The van der Waals surface area contributed by atoms with Crippen molar-refractivity contribution in [2.75, 3.05) is 5.75 Å². The molecule has 0 heterocycles. The number of aryl methyl sites for hydroxylation is 1. The second-order valence-corrected chi connectivity index (χ2v) is 5.28. The predicted molar refractivity (Wildman–Crippen MR) is 76.0 cm³/mol. The number of phenols is 2. The molecule has 0 saturated heterocycles. The Balaban J connectivity index is 2.03. The van der Waals surface area contributed by atoms with Crippen molar-refractivity contribution in [3.8, 4) is 11.5 Å². The minimum Gasteiger partial charge on any atom is -0.504 e. The predicted octanol–water partition coefficient (Wildman–Crippen LogP) is 3.38. The first-order valence-electron chi connectivity index (χ1n) is 5.81. The summed E-state index contributed by atoms with van der Waals surface area (Å²) in [5.74, 6) is -0.274. The van der Waals surface area contributed by atoms with Gasteiger partial charge >= 0.3 is 0 Å². The van der Waals surface area contributed by atoms with E-state index in [0.717, 1.165) is 10.5 Å². The van der Waals surface area contributed by atoms with Gasteiger partial charge in [0.15, 0.2) is 17.3 Å². The summed E-state index contributed by atoms with van der Waals surface area (Å²) in [5, 5.41) is 18.6. The Kier molecular flexibility index (Phi) is 4.12. The lowest BCUT2D eigenvalue weighted by Gasteiger charge is -2.04. The highest BCUT2D eigenvalue weighted by atomic mass is 32.2. The monoisotopic (exact) mass is 274 g/mol. The number of ketones is 1. The molecule has 0 fully saturated rings. The molecule has 19 heavy (non-hydrogen) atoms. The van der Waals surface area contributed by atoms with Gasteiger partial charge in [-0.05, 0) is 37.3 Å². The lowest BCUT2D eigenvalue weighted by Crippen LogP contribution is -2.01. The standard InChI is InChI=1S/C15H14O3S/c1-10-3-2-4-12(7-10)19-9-15(18)11-5-6-13(16)14(17)8-11/h2-8,16-17H,9H2,1H3. The average molecular weight is 274 g/mol. The maximum atomic E-state index is 12.0. The van der Waals surface area contributed by atoms with Crippen LogP contribution in [0.2, 0.25) is 0 Å². The maximum absolute atomic E-state index is 12.0. The number of rotatable bonds is 4. The van der Waals surface area contributed by atoms with E-state index in [9.17, 15) is 15.0 Å². The van der Waals surface area contributed by atoms with Crippen molar-refractivity contribution >= 4 is 17.5 Å². The van der Waals surface area contributed by atoms with E-state index < -0.39 is 0 Å². The van der Waals surface area contributed by atoms with Gasteiger partial charge in [-0.2, -0.15) is 0 Å². The zero-order valence-electron chi connectivity index (χ0n) is 10.5. The highest BCUT2D eigenvalue weighted by Gasteiger charge is 2.09. The number of phenolic OH excluding ortho intramolecular Hbond substituents is 2. The summed E-state index contributed by atoms with van der Waals surface area (Å²) >= 11 is 1.45. The minimum absolute atomic E-state index is 0.0817. The van der Waals surface area contributed by atoms with Crippen molar-refractivity contribution in [3.05, 3.63) is 53.6 Å². The van der Waals surface area contributed by atoms with Gasteiger partial charge in [-0.1, -0.05) is 17.7 Å². The molecule has 3 nitrogen and oxygen atoms in total. The van der Waals surface area contributed by atoms with Gasteiger partial charge in [0, 0.05) is 10.5 Å². The van der Waals surface area contributed by atoms with E-state index in [2.05, 4.69) is 0 Å². The molecule has 0 aliphatic heterocycles. The fourth-order valence-corrected chi connectivity index (χ4v) is 2.54. The van der Waals surface area contributed by atoms with Crippen molar-refractivity contribution in [2.45, 2.75) is 11.8 Å². The van der Waals surface area contributed by atoms with Crippen LogP contribution in [0.15, 0.2) is 47.4 Å². The molecule has 4 heteroatoms. The fraction of sp³-hybridized carbons (Fsp3) is 0.133. The number of hydrogen-bond acceptors (Lipinski definition) is 4. The Morgan fingerprint density at radius 3 is 2.58 bits per heavy atom. The molecule has 0 amide bonds. The van der Waals surface area contributed by atoms with Crippen LogP contribution >= 0.6 is 11.8 Å². The van der Waals surface area contributed by atoms with Gasteiger partial charge in [-0.3, -0.25) is 4.79 Å². The molecule has 0 aromatic heterocycles. The summed E-state index contributed by atoms with van der Waals surface area (Å²) in [6.45, 7) is 2.00. The van der Waals surface area contributed by atoms with Crippen LogP contribution in [0.25, 0.3) is 0 Å².